The lowest BCUT2D eigenvalue weighted by Gasteiger charge is -2.16. The van der Waals surface area contributed by atoms with Crippen molar-refractivity contribution in [3.8, 4) is 5.75 Å². The monoisotopic (exact) mass is 227 g/mol. The Kier molecular flexibility index (Phi) is 5.51. The highest BCUT2D eigenvalue weighted by Gasteiger charge is 2.06. The van der Waals surface area contributed by atoms with Crippen molar-refractivity contribution in [2.75, 3.05) is 13.7 Å². The van der Waals surface area contributed by atoms with Gasteiger partial charge in [-0.05, 0) is 25.6 Å². The lowest BCUT2D eigenvalue weighted by molar-refractivity contribution is 0.263. The average Bonchev–Trinajstić information content (AvgIpc) is 2.26. The van der Waals surface area contributed by atoms with Crippen LogP contribution < -0.4 is 10.1 Å². The minimum Gasteiger partial charge on any atom is -0.490 e. The molecule has 1 aromatic carbocycles. The number of hydrogen-bond acceptors (Lipinski definition) is 2. The SMILES string of the molecule is CCCC(COc1ccccc1Cl)NC. The van der Waals surface area contributed by atoms with Crippen LogP contribution >= 0.6 is 11.6 Å². The summed E-state index contributed by atoms with van der Waals surface area (Å²) in [5, 5.41) is 3.89. The van der Waals surface area contributed by atoms with Crippen LogP contribution in [-0.2, 0) is 0 Å². The maximum atomic E-state index is 5.98. The summed E-state index contributed by atoms with van der Waals surface area (Å²) in [4.78, 5) is 0. The van der Waals surface area contributed by atoms with Crippen LogP contribution in [0.5, 0.6) is 5.75 Å². The molecule has 1 atom stereocenters. The summed E-state index contributed by atoms with van der Waals surface area (Å²) in [7, 11) is 1.95. The van der Waals surface area contributed by atoms with Crippen LogP contribution in [0.15, 0.2) is 24.3 Å². The van der Waals surface area contributed by atoms with E-state index in [-0.39, 0.29) is 0 Å². The molecule has 1 rings (SSSR count). The van der Waals surface area contributed by atoms with Gasteiger partial charge in [0.25, 0.3) is 0 Å². The molecule has 15 heavy (non-hydrogen) atoms. The Hall–Kier alpha value is -0.730. The van der Waals surface area contributed by atoms with Crippen LogP contribution in [0.3, 0.4) is 0 Å². The Balaban J connectivity index is 2.45. The number of nitrogens with one attached hydrogen (secondary N) is 1. The third kappa shape index (κ3) is 4.10. The molecule has 2 nitrogen and oxygen atoms in total. The van der Waals surface area contributed by atoms with Crippen molar-refractivity contribution in [3.63, 3.8) is 0 Å². The molecule has 1 N–H and O–H groups in total. The van der Waals surface area contributed by atoms with Gasteiger partial charge in [-0.15, -0.1) is 0 Å². The van der Waals surface area contributed by atoms with E-state index in [1.165, 1.54) is 0 Å². The molecule has 0 heterocycles. The standard InChI is InChI=1S/C12H18ClNO/c1-3-6-10(14-2)9-15-12-8-5-4-7-11(12)13/h4-5,7-8,10,14H,3,6,9H2,1-2H3. The molecule has 0 aromatic heterocycles. The molecule has 0 spiro atoms. The second kappa shape index (κ2) is 6.70. The zero-order chi connectivity index (χ0) is 11.1. The number of para-hydroxylation sites is 1. The first-order valence-corrected chi connectivity index (χ1v) is 5.70. The highest BCUT2D eigenvalue weighted by Crippen LogP contribution is 2.23. The fraction of sp³-hybridized carbons (Fsp3) is 0.500. The predicted molar refractivity (Wildman–Crippen MR) is 64.7 cm³/mol. The minimum absolute atomic E-state index is 0.395. The third-order valence-corrected chi connectivity index (χ3v) is 2.63. The van der Waals surface area contributed by atoms with Crippen molar-refractivity contribution in [1.29, 1.82) is 0 Å². The molecule has 0 fully saturated rings. The lowest BCUT2D eigenvalue weighted by atomic mass is 10.2. The van der Waals surface area contributed by atoms with E-state index in [4.69, 9.17) is 16.3 Å². The zero-order valence-corrected chi connectivity index (χ0v) is 10.1. The number of benzene rings is 1. The molecule has 0 saturated carbocycles. The van der Waals surface area contributed by atoms with E-state index in [0.29, 0.717) is 17.7 Å². The maximum absolute atomic E-state index is 5.98. The Morgan fingerprint density at radius 2 is 2.13 bits per heavy atom. The quantitative estimate of drug-likeness (QED) is 0.807. The third-order valence-electron chi connectivity index (χ3n) is 2.32. The van der Waals surface area contributed by atoms with Gasteiger partial charge in [0.1, 0.15) is 12.4 Å². The van der Waals surface area contributed by atoms with Crippen molar-refractivity contribution in [2.45, 2.75) is 25.8 Å². The molecule has 3 heteroatoms. The zero-order valence-electron chi connectivity index (χ0n) is 9.29. The number of rotatable bonds is 6. The molecule has 0 amide bonds. The molecule has 1 aromatic rings. The highest BCUT2D eigenvalue weighted by molar-refractivity contribution is 6.32. The van der Waals surface area contributed by atoms with Gasteiger partial charge in [0.2, 0.25) is 0 Å². The summed E-state index contributed by atoms with van der Waals surface area (Å²) in [6, 6.07) is 7.95. The van der Waals surface area contributed by atoms with E-state index in [1.807, 2.05) is 31.3 Å². The summed E-state index contributed by atoms with van der Waals surface area (Å²) in [6.45, 7) is 2.83. The van der Waals surface area contributed by atoms with Crippen molar-refractivity contribution >= 4 is 11.6 Å². The fourth-order valence-corrected chi connectivity index (χ4v) is 1.60. The summed E-state index contributed by atoms with van der Waals surface area (Å²) < 4.78 is 5.65. The molecular weight excluding hydrogens is 210 g/mol. The van der Waals surface area contributed by atoms with Crippen molar-refractivity contribution < 1.29 is 4.74 Å². The van der Waals surface area contributed by atoms with Crippen LogP contribution in [-0.4, -0.2) is 19.7 Å². The van der Waals surface area contributed by atoms with Gasteiger partial charge in [-0.1, -0.05) is 37.1 Å². The van der Waals surface area contributed by atoms with Crippen molar-refractivity contribution in [1.82, 2.24) is 5.32 Å². The molecule has 84 valence electrons. The Labute approximate surface area is 96.6 Å². The molecule has 0 aliphatic carbocycles. The van der Waals surface area contributed by atoms with Gasteiger partial charge in [0.15, 0.2) is 0 Å². The largest absolute Gasteiger partial charge is 0.490 e. The van der Waals surface area contributed by atoms with Crippen LogP contribution in [0.1, 0.15) is 19.8 Å². The van der Waals surface area contributed by atoms with Gasteiger partial charge in [-0.25, -0.2) is 0 Å². The summed E-state index contributed by atoms with van der Waals surface area (Å²) >= 11 is 5.98. The van der Waals surface area contributed by atoms with Crippen molar-refractivity contribution in [3.05, 3.63) is 29.3 Å². The van der Waals surface area contributed by atoms with Crippen molar-refractivity contribution in [2.24, 2.45) is 0 Å². The molecule has 0 aliphatic rings. The first kappa shape index (κ1) is 12.3. The van der Waals surface area contributed by atoms with E-state index < -0.39 is 0 Å². The van der Waals surface area contributed by atoms with Gasteiger partial charge >= 0.3 is 0 Å². The Morgan fingerprint density at radius 3 is 2.73 bits per heavy atom. The first-order valence-electron chi connectivity index (χ1n) is 5.32. The highest BCUT2D eigenvalue weighted by atomic mass is 35.5. The average molecular weight is 228 g/mol. The number of likely N-dealkylation sites (N-methyl/N-ethyl adjacent to an activating group) is 1. The van der Waals surface area contributed by atoms with E-state index in [1.54, 1.807) is 0 Å². The molecule has 0 radical (unpaired) electrons. The predicted octanol–water partition coefficient (Wildman–Crippen LogP) is 3.11. The normalized spacial score (nSPS) is 12.5. The smallest absolute Gasteiger partial charge is 0.137 e. The number of hydrogen-bond donors (Lipinski definition) is 1. The van der Waals surface area contributed by atoms with E-state index in [9.17, 15) is 0 Å². The summed E-state index contributed by atoms with van der Waals surface area (Å²) in [5.41, 5.74) is 0. The van der Waals surface area contributed by atoms with Gasteiger partial charge in [0, 0.05) is 6.04 Å². The first-order chi connectivity index (χ1) is 7.27. The van der Waals surface area contributed by atoms with Gasteiger partial charge in [-0.2, -0.15) is 0 Å². The molecular formula is C12H18ClNO. The van der Waals surface area contributed by atoms with E-state index in [2.05, 4.69) is 12.2 Å². The Bertz CT molecular complexity index is 291. The number of ether oxygens (including phenoxy) is 1. The molecule has 1 unspecified atom stereocenters. The van der Waals surface area contributed by atoms with E-state index in [0.717, 1.165) is 18.6 Å². The number of halogens is 1. The Morgan fingerprint density at radius 1 is 1.40 bits per heavy atom. The summed E-state index contributed by atoms with van der Waals surface area (Å²) in [5.74, 6) is 0.760. The lowest BCUT2D eigenvalue weighted by Crippen LogP contribution is -2.31. The maximum Gasteiger partial charge on any atom is 0.137 e. The van der Waals surface area contributed by atoms with Crippen LogP contribution in [0.2, 0.25) is 5.02 Å². The molecule has 0 aliphatic heterocycles. The van der Waals surface area contributed by atoms with Crippen LogP contribution in [0.25, 0.3) is 0 Å². The van der Waals surface area contributed by atoms with Gasteiger partial charge in [0.05, 0.1) is 5.02 Å². The second-order valence-electron chi connectivity index (χ2n) is 3.52. The fourth-order valence-electron chi connectivity index (χ4n) is 1.41. The van der Waals surface area contributed by atoms with Gasteiger partial charge in [-0.3, -0.25) is 0 Å². The van der Waals surface area contributed by atoms with Gasteiger partial charge < -0.3 is 10.1 Å². The topological polar surface area (TPSA) is 21.3 Å². The second-order valence-corrected chi connectivity index (χ2v) is 3.92. The minimum atomic E-state index is 0.395. The molecule has 0 saturated heterocycles. The van der Waals surface area contributed by atoms with E-state index >= 15 is 0 Å². The molecule has 0 bridgehead atoms. The summed E-state index contributed by atoms with van der Waals surface area (Å²) in [6.07, 6.45) is 2.26. The van der Waals surface area contributed by atoms with Crippen LogP contribution in [0.4, 0.5) is 0 Å². The van der Waals surface area contributed by atoms with Crippen LogP contribution in [0, 0.1) is 0 Å².